The van der Waals surface area contributed by atoms with Crippen molar-refractivity contribution in [3.05, 3.63) is 57.3 Å². The van der Waals surface area contributed by atoms with Crippen molar-refractivity contribution in [3.8, 4) is 0 Å². The van der Waals surface area contributed by atoms with E-state index in [9.17, 15) is 0 Å². The average molecular weight is 271 g/mol. The molecule has 19 heavy (non-hydrogen) atoms. The zero-order chi connectivity index (χ0) is 13.1. The summed E-state index contributed by atoms with van der Waals surface area (Å²) in [6, 6.07) is 9.86. The number of benzene rings is 1. The molecule has 0 radical (unpaired) electrons. The third-order valence-electron chi connectivity index (χ3n) is 4.12. The smallest absolute Gasteiger partial charge is 0.0145 e. The van der Waals surface area contributed by atoms with Gasteiger partial charge >= 0.3 is 0 Å². The minimum Gasteiger partial charge on any atom is -0.316 e. The summed E-state index contributed by atoms with van der Waals surface area (Å²) in [6.45, 7) is 0. The molecule has 0 saturated heterocycles. The van der Waals surface area contributed by atoms with Crippen molar-refractivity contribution in [1.82, 2.24) is 5.32 Å². The SMILES string of the molecule is CNC(Cc1ccsc1)Cc1ccc2c(c1)CCC2. The minimum absolute atomic E-state index is 0.536. The Morgan fingerprint density at radius 3 is 2.74 bits per heavy atom. The molecule has 1 aliphatic carbocycles. The molecule has 0 amide bonds. The van der Waals surface area contributed by atoms with Crippen LogP contribution in [-0.2, 0) is 25.7 Å². The van der Waals surface area contributed by atoms with E-state index in [2.05, 4.69) is 47.4 Å². The molecule has 2 aromatic rings. The molecule has 1 aliphatic rings. The highest BCUT2D eigenvalue weighted by Crippen LogP contribution is 2.23. The van der Waals surface area contributed by atoms with Gasteiger partial charge in [-0.25, -0.2) is 0 Å². The second kappa shape index (κ2) is 5.89. The standard InChI is InChI=1S/C17H21NS/c1-18-17(11-14-7-8-19-12-14)10-13-5-6-15-3-2-4-16(15)9-13/h5-9,12,17-18H,2-4,10-11H2,1H3. The Kier molecular flexibility index (Phi) is 4.00. The van der Waals surface area contributed by atoms with Gasteiger partial charge in [-0.1, -0.05) is 18.2 Å². The lowest BCUT2D eigenvalue weighted by atomic mass is 9.98. The Bertz CT molecular complexity index is 530. The average Bonchev–Trinajstić information content (AvgIpc) is 3.08. The highest BCUT2D eigenvalue weighted by Gasteiger charge is 2.13. The molecule has 1 aromatic carbocycles. The van der Waals surface area contributed by atoms with Gasteiger partial charge in [0.05, 0.1) is 0 Å². The number of rotatable bonds is 5. The minimum atomic E-state index is 0.536. The van der Waals surface area contributed by atoms with E-state index in [-0.39, 0.29) is 0 Å². The summed E-state index contributed by atoms with van der Waals surface area (Å²) < 4.78 is 0. The Labute approximate surface area is 119 Å². The molecule has 0 fully saturated rings. The first-order valence-electron chi connectivity index (χ1n) is 7.14. The van der Waals surface area contributed by atoms with Crippen LogP contribution in [0, 0.1) is 0 Å². The summed E-state index contributed by atoms with van der Waals surface area (Å²) in [5.41, 5.74) is 6.09. The molecule has 3 rings (SSSR count). The first kappa shape index (κ1) is 12.9. The summed E-state index contributed by atoms with van der Waals surface area (Å²) in [4.78, 5) is 0. The van der Waals surface area contributed by atoms with Gasteiger partial charge in [0, 0.05) is 6.04 Å². The van der Waals surface area contributed by atoms with Gasteiger partial charge in [-0.3, -0.25) is 0 Å². The molecule has 1 heterocycles. The Morgan fingerprint density at radius 2 is 1.95 bits per heavy atom. The van der Waals surface area contributed by atoms with Crippen molar-refractivity contribution in [1.29, 1.82) is 0 Å². The van der Waals surface area contributed by atoms with Crippen LogP contribution in [0.4, 0.5) is 0 Å². The summed E-state index contributed by atoms with van der Waals surface area (Å²) in [5.74, 6) is 0. The topological polar surface area (TPSA) is 12.0 Å². The Balaban J connectivity index is 1.68. The van der Waals surface area contributed by atoms with E-state index in [1.807, 2.05) is 0 Å². The predicted octanol–water partition coefficient (Wildman–Crippen LogP) is 3.61. The number of thiophene rings is 1. The molecule has 0 bridgehead atoms. The van der Waals surface area contributed by atoms with Crippen molar-refractivity contribution in [2.24, 2.45) is 0 Å². The molecular weight excluding hydrogens is 250 g/mol. The van der Waals surface area contributed by atoms with Gasteiger partial charge in [-0.15, -0.1) is 0 Å². The van der Waals surface area contributed by atoms with Crippen molar-refractivity contribution in [3.63, 3.8) is 0 Å². The molecule has 0 spiro atoms. The van der Waals surface area contributed by atoms with E-state index in [1.165, 1.54) is 30.4 Å². The van der Waals surface area contributed by atoms with Crippen LogP contribution in [0.25, 0.3) is 0 Å². The van der Waals surface area contributed by atoms with Crippen molar-refractivity contribution >= 4 is 11.3 Å². The second-order valence-electron chi connectivity index (χ2n) is 5.48. The molecule has 1 unspecified atom stereocenters. The van der Waals surface area contributed by atoms with Gasteiger partial charge < -0.3 is 5.32 Å². The van der Waals surface area contributed by atoms with Crippen LogP contribution < -0.4 is 5.32 Å². The normalized spacial score (nSPS) is 15.4. The number of hydrogen-bond acceptors (Lipinski definition) is 2. The van der Waals surface area contributed by atoms with Crippen LogP contribution in [0.5, 0.6) is 0 Å². The highest BCUT2D eigenvalue weighted by molar-refractivity contribution is 7.07. The quantitative estimate of drug-likeness (QED) is 0.876. The molecule has 100 valence electrons. The van der Waals surface area contributed by atoms with Crippen LogP contribution in [0.1, 0.15) is 28.7 Å². The first-order chi connectivity index (χ1) is 9.35. The molecule has 0 aliphatic heterocycles. The zero-order valence-electron chi connectivity index (χ0n) is 11.5. The van der Waals surface area contributed by atoms with Gasteiger partial charge in [-0.2, -0.15) is 11.3 Å². The molecule has 0 saturated carbocycles. The lowest BCUT2D eigenvalue weighted by Crippen LogP contribution is -2.29. The monoisotopic (exact) mass is 271 g/mol. The van der Waals surface area contributed by atoms with Crippen molar-refractivity contribution in [2.75, 3.05) is 7.05 Å². The van der Waals surface area contributed by atoms with E-state index in [0.717, 1.165) is 12.8 Å². The third kappa shape index (κ3) is 3.07. The summed E-state index contributed by atoms with van der Waals surface area (Å²) in [6.07, 6.45) is 6.14. The van der Waals surface area contributed by atoms with Crippen LogP contribution in [0.3, 0.4) is 0 Å². The van der Waals surface area contributed by atoms with Gasteiger partial charge in [0.2, 0.25) is 0 Å². The zero-order valence-corrected chi connectivity index (χ0v) is 12.3. The number of likely N-dealkylation sites (N-methyl/N-ethyl adjacent to an activating group) is 1. The van der Waals surface area contributed by atoms with E-state index >= 15 is 0 Å². The van der Waals surface area contributed by atoms with Crippen LogP contribution in [0.15, 0.2) is 35.0 Å². The van der Waals surface area contributed by atoms with Gasteiger partial charge in [0.15, 0.2) is 0 Å². The largest absolute Gasteiger partial charge is 0.316 e. The maximum absolute atomic E-state index is 3.46. The summed E-state index contributed by atoms with van der Waals surface area (Å²) in [5, 5.41) is 7.88. The molecular formula is C17H21NS. The maximum Gasteiger partial charge on any atom is 0.0145 e. The maximum atomic E-state index is 3.46. The molecule has 1 atom stereocenters. The van der Waals surface area contributed by atoms with E-state index in [1.54, 1.807) is 22.5 Å². The summed E-state index contributed by atoms with van der Waals surface area (Å²) >= 11 is 1.79. The van der Waals surface area contributed by atoms with Crippen LogP contribution >= 0.6 is 11.3 Å². The second-order valence-corrected chi connectivity index (χ2v) is 6.26. The van der Waals surface area contributed by atoms with Crippen molar-refractivity contribution in [2.45, 2.75) is 38.1 Å². The van der Waals surface area contributed by atoms with Gasteiger partial charge in [0.25, 0.3) is 0 Å². The highest BCUT2D eigenvalue weighted by atomic mass is 32.1. The number of hydrogen-bond donors (Lipinski definition) is 1. The number of nitrogens with one attached hydrogen (secondary N) is 1. The van der Waals surface area contributed by atoms with E-state index in [4.69, 9.17) is 0 Å². The first-order valence-corrected chi connectivity index (χ1v) is 8.08. The lowest BCUT2D eigenvalue weighted by molar-refractivity contribution is 0.557. The van der Waals surface area contributed by atoms with Crippen LogP contribution in [0.2, 0.25) is 0 Å². The van der Waals surface area contributed by atoms with Gasteiger partial charge in [-0.05, 0) is 78.2 Å². The molecule has 2 heteroatoms. The summed E-state index contributed by atoms with van der Waals surface area (Å²) in [7, 11) is 2.07. The number of fused-ring (bicyclic) bond motifs is 1. The molecule has 1 N–H and O–H groups in total. The fourth-order valence-electron chi connectivity index (χ4n) is 3.01. The fourth-order valence-corrected chi connectivity index (χ4v) is 3.69. The fraction of sp³-hybridized carbons (Fsp3) is 0.412. The lowest BCUT2D eigenvalue weighted by Gasteiger charge is -2.16. The van der Waals surface area contributed by atoms with Crippen molar-refractivity contribution < 1.29 is 0 Å². The van der Waals surface area contributed by atoms with Crippen LogP contribution in [-0.4, -0.2) is 13.1 Å². The van der Waals surface area contributed by atoms with E-state index < -0.39 is 0 Å². The van der Waals surface area contributed by atoms with E-state index in [0.29, 0.717) is 6.04 Å². The molecule has 1 nitrogen and oxygen atoms in total. The Hall–Kier alpha value is -1.12. The predicted molar refractivity (Wildman–Crippen MR) is 83.0 cm³/mol. The van der Waals surface area contributed by atoms with Gasteiger partial charge in [0.1, 0.15) is 0 Å². The Morgan fingerprint density at radius 1 is 1.11 bits per heavy atom. The third-order valence-corrected chi connectivity index (χ3v) is 4.85. The molecule has 1 aromatic heterocycles. The number of aryl methyl sites for hydroxylation is 2.